The van der Waals surface area contributed by atoms with E-state index in [4.69, 9.17) is 0 Å². The van der Waals surface area contributed by atoms with Crippen LogP contribution in [0.3, 0.4) is 0 Å². The van der Waals surface area contributed by atoms with Gasteiger partial charge in [-0.1, -0.05) is 38.1 Å². The number of piperidine rings is 1. The number of nitrogens with one attached hydrogen (secondary N) is 1. The van der Waals surface area contributed by atoms with E-state index in [9.17, 15) is 4.79 Å². The van der Waals surface area contributed by atoms with Crippen LogP contribution in [0.5, 0.6) is 0 Å². The Hall–Kier alpha value is -1.35. The molecule has 1 aliphatic rings. The van der Waals surface area contributed by atoms with Crippen molar-refractivity contribution in [2.24, 2.45) is 5.92 Å². The summed E-state index contributed by atoms with van der Waals surface area (Å²) in [6.07, 6.45) is 2.07. The molecule has 0 aromatic heterocycles. The largest absolute Gasteiger partial charge is 0.343 e. The van der Waals surface area contributed by atoms with Crippen molar-refractivity contribution < 1.29 is 9.69 Å². The Kier molecular flexibility index (Phi) is 6.64. The first-order valence-electron chi connectivity index (χ1n) is 9.26. The fourth-order valence-electron chi connectivity index (χ4n) is 3.55. The Bertz CT molecular complexity index is 483. The van der Waals surface area contributed by atoms with Crippen LogP contribution in [-0.4, -0.2) is 37.0 Å². The number of hydrogen-bond donors (Lipinski definition) is 1. The van der Waals surface area contributed by atoms with Gasteiger partial charge in [-0.2, -0.15) is 0 Å². The number of amides is 1. The standard InChI is InChI=1S/C20H32N2O/c1-5-22(6-2)20(23)19-11-13-21(14-12-19)15-17-7-9-18(10-8-17)16(3)4/h7-10,16,19H,5-6,11-15H2,1-4H3/p+1. The van der Waals surface area contributed by atoms with E-state index in [0.717, 1.165) is 45.6 Å². The third kappa shape index (κ3) is 4.81. The maximum atomic E-state index is 12.4. The molecule has 0 unspecified atom stereocenters. The molecule has 1 aromatic rings. The molecule has 0 aliphatic carbocycles. The lowest BCUT2D eigenvalue weighted by molar-refractivity contribution is -0.919. The second-order valence-electron chi connectivity index (χ2n) is 7.11. The zero-order valence-electron chi connectivity index (χ0n) is 15.3. The first kappa shape index (κ1) is 18.0. The molecule has 3 nitrogen and oxygen atoms in total. The van der Waals surface area contributed by atoms with Crippen LogP contribution in [0.4, 0.5) is 0 Å². The Morgan fingerprint density at radius 1 is 1.13 bits per heavy atom. The third-order valence-electron chi connectivity index (χ3n) is 5.22. The maximum Gasteiger partial charge on any atom is 0.226 e. The van der Waals surface area contributed by atoms with Gasteiger partial charge in [-0.05, 0) is 25.3 Å². The van der Waals surface area contributed by atoms with Gasteiger partial charge in [0.25, 0.3) is 0 Å². The predicted octanol–water partition coefficient (Wildman–Crippen LogP) is 2.47. The first-order valence-corrected chi connectivity index (χ1v) is 9.26. The van der Waals surface area contributed by atoms with Crippen LogP contribution in [0.25, 0.3) is 0 Å². The summed E-state index contributed by atoms with van der Waals surface area (Å²) < 4.78 is 0. The summed E-state index contributed by atoms with van der Waals surface area (Å²) in [4.78, 5) is 16.0. The Labute approximate surface area is 141 Å². The molecule has 0 radical (unpaired) electrons. The summed E-state index contributed by atoms with van der Waals surface area (Å²) in [5.41, 5.74) is 2.82. The SMILES string of the molecule is CCN(CC)C(=O)C1CC[NH+](Cc2ccc(C(C)C)cc2)CC1. The molecule has 1 aliphatic heterocycles. The van der Waals surface area contributed by atoms with E-state index in [-0.39, 0.29) is 5.92 Å². The number of hydrogen-bond acceptors (Lipinski definition) is 1. The second kappa shape index (κ2) is 8.49. The van der Waals surface area contributed by atoms with Crippen molar-refractivity contribution in [3.05, 3.63) is 35.4 Å². The van der Waals surface area contributed by atoms with Crippen molar-refractivity contribution in [2.45, 2.75) is 53.0 Å². The zero-order valence-corrected chi connectivity index (χ0v) is 15.3. The van der Waals surface area contributed by atoms with Crippen LogP contribution in [0, 0.1) is 5.92 Å². The minimum Gasteiger partial charge on any atom is -0.343 e. The quantitative estimate of drug-likeness (QED) is 0.856. The second-order valence-corrected chi connectivity index (χ2v) is 7.11. The highest BCUT2D eigenvalue weighted by Crippen LogP contribution is 2.16. The van der Waals surface area contributed by atoms with Gasteiger partial charge >= 0.3 is 0 Å². The molecule has 1 amide bonds. The monoisotopic (exact) mass is 317 g/mol. The maximum absolute atomic E-state index is 12.4. The van der Waals surface area contributed by atoms with E-state index in [1.807, 2.05) is 4.90 Å². The van der Waals surface area contributed by atoms with Crippen molar-refractivity contribution >= 4 is 5.91 Å². The van der Waals surface area contributed by atoms with E-state index in [2.05, 4.69) is 52.0 Å². The van der Waals surface area contributed by atoms with Crippen LogP contribution in [0.1, 0.15) is 57.6 Å². The number of benzene rings is 1. The number of likely N-dealkylation sites (tertiary alicyclic amines) is 1. The lowest BCUT2D eigenvalue weighted by Gasteiger charge is -2.31. The van der Waals surface area contributed by atoms with Gasteiger partial charge in [0.2, 0.25) is 5.91 Å². The van der Waals surface area contributed by atoms with Gasteiger partial charge in [-0.25, -0.2) is 0 Å². The number of carbonyl (C=O) groups excluding carboxylic acids is 1. The lowest BCUT2D eigenvalue weighted by Crippen LogP contribution is -3.11. The van der Waals surface area contributed by atoms with Gasteiger partial charge < -0.3 is 9.80 Å². The van der Waals surface area contributed by atoms with Crippen molar-refractivity contribution in [1.29, 1.82) is 0 Å². The van der Waals surface area contributed by atoms with Crippen LogP contribution >= 0.6 is 0 Å². The van der Waals surface area contributed by atoms with Crippen molar-refractivity contribution in [2.75, 3.05) is 26.2 Å². The molecule has 1 aromatic carbocycles. The zero-order chi connectivity index (χ0) is 16.8. The molecule has 0 spiro atoms. The summed E-state index contributed by atoms with van der Waals surface area (Å²) >= 11 is 0. The van der Waals surface area contributed by atoms with Crippen molar-refractivity contribution in [3.8, 4) is 0 Å². The van der Waals surface area contributed by atoms with Gasteiger partial charge in [0.05, 0.1) is 13.1 Å². The number of nitrogens with zero attached hydrogens (tertiary/aromatic N) is 1. The Morgan fingerprint density at radius 3 is 2.17 bits per heavy atom. The number of quaternary nitrogens is 1. The lowest BCUT2D eigenvalue weighted by atomic mass is 9.94. The molecule has 1 N–H and O–H groups in total. The molecular weight excluding hydrogens is 284 g/mol. The van der Waals surface area contributed by atoms with Gasteiger partial charge in [0.15, 0.2) is 0 Å². The summed E-state index contributed by atoms with van der Waals surface area (Å²) in [7, 11) is 0. The summed E-state index contributed by atoms with van der Waals surface area (Å²) in [5, 5.41) is 0. The predicted molar refractivity (Wildman–Crippen MR) is 95.6 cm³/mol. The minimum atomic E-state index is 0.252. The smallest absolute Gasteiger partial charge is 0.226 e. The van der Waals surface area contributed by atoms with Crippen molar-refractivity contribution in [3.63, 3.8) is 0 Å². The molecular formula is C20H33N2O+. The minimum absolute atomic E-state index is 0.252. The molecule has 1 fully saturated rings. The van der Waals surface area contributed by atoms with Gasteiger partial charge in [0.1, 0.15) is 6.54 Å². The van der Waals surface area contributed by atoms with Crippen LogP contribution < -0.4 is 4.90 Å². The van der Waals surface area contributed by atoms with E-state index in [1.54, 1.807) is 4.90 Å². The Morgan fingerprint density at radius 2 is 1.70 bits per heavy atom. The number of carbonyl (C=O) groups is 1. The van der Waals surface area contributed by atoms with Crippen molar-refractivity contribution in [1.82, 2.24) is 4.90 Å². The number of rotatable bonds is 6. The molecule has 128 valence electrons. The average Bonchev–Trinajstić information content (AvgIpc) is 2.57. The molecule has 2 rings (SSSR count). The highest BCUT2D eigenvalue weighted by atomic mass is 16.2. The van der Waals surface area contributed by atoms with Gasteiger partial charge in [-0.15, -0.1) is 0 Å². The molecule has 0 atom stereocenters. The van der Waals surface area contributed by atoms with Crippen LogP contribution in [-0.2, 0) is 11.3 Å². The first-order chi connectivity index (χ1) is 11.0. The molecule has 3 heteroatoms. The molecule has 0 bridgehead atoms. The van der Waals surface area contributed by atoms with Gasteiger partial charge in [-0.3, -0.25) is 4.79 Å². The van der Waals surface area contributed by atoms with Gasteiger partial charge in [0, 0.05) is 37.4 Å². The Balaban J connectivity index is 1.83. The fourth-order valence-corrected chi connectivity index (χ4v) is 3.55. The summed E-state index contributed by atoms with van der Waals surface area (Å²) in [6, 6.07) is 9.07. The van der Waals surface area contributed by atoms with Crippen LogP contribution in [0.15, 0.2) is 24.3 Å². The van der Waals surface area contributed by atoms with Crippen LogP contribution in [0.2, 0.25) is 0 Å². The average molecular weight is 317 g/mol. The normalized spacial score (nSPS) is 21.4. The van der Waals surface area contributed by atoms with E-state index >= 15 is 0 Å². The third-order valence-corrected chi connectivity index (χ3v) is 5.22. The highest BCUT2D eigenvalue weighted by molar-refractivity contribution is 5.78. The summed E-state index contributed by atoms with van der Waals surface area (Å²) in [5.74, 6) is 1.22. The fraction of sp³-hybridized carbons (Fsp3) is 0.650. The molecule has 1 heterocycles. The topological polar surface area (TPSA) is 24.8 Å². The summed E-state index contributed by atoms with van der Waals surface area (Å²) in [6.45, 7) is 13.6. The highest BCUT2D eigenvalue weighted by Gasteiger charge is 2.29. The van der Waals surface area contributed by atoms with E-state index in [1.165, 1.54) is 11.1 Å². The van der Waals surface area contributed by atoms with E-state index in [0.29, 0.717) is 11.8 Å². The molecule has 23 heavy (non-hydrogen) atoms. The molecule has 1 saturated heterocycles. The van der Waals surface area contributed by atoms with E-state index < -0.39 is 0 Å². The molecule has 0 saturated carbocycles.